The van der Waals surface area contributed by atoms with Gasteiger partial charge in [0.25, 0.3) is 0 Å². The highest BCUT2D eigenvalue weighted by atomic mass is 19.4. The Morgan fingerprint density at radius 1 is 1.04 bits per heavy atom. The molecule has 1 aliphatic heterocycles. The zero-order valence-corrected chi connectivity index (χ0v) is 13.5. The van der Waals surface area contributed by atoms with Gasteiger partial charge in [-0.2, -0.15) is 13.2 Å². The van der Waals surface area contributed by atoms with Gasteiger partial charge in [-0.15, -0.1) is 0 Å². The molecule has 0 bridgehead atoms. The Balaban J connectivity index is 1.70. The van der Waals surface area contributed by atoms with E-state index in [0.717, 1.165) is 25.9 Å². The predicted molar refractivity (Wildman–Crippen MR) is 84.6 cm³/mol. The number of hydrogen-bond donors (Lipinski definition) is 0. The van der Waals surface area contributed by atoms with Gasteiger partial charge in [0.15, 0.2) is 6.10 Å². The van der Waals surface area contributed by atoms with Crippen molar-refractivity contribution in [3.63, 3.8) is 0 Å². The standard InChI is InChI=1S/C18H24F3NO/c1-23-16(18(19,20)21)14-5-7-15(8-6-14)22-12-11-17(13-22)9-3-2-4-10-17/h5-8,16H,2-4,9-13H2,1H3/t16-/m1/s1. The molecule has 2 fully saturated rings. The summed E-state index contributed by atoms with van der Waals surface area (Å²) in [5, 5.41) is 0. The Bertz CT molecular complexity index is 520. The minimum atomic E-state index is -4.38. The van der Waals surface area contributed by atoms with Crippen molar-refractivity contribution in [2.75, 3.05) is 25.1 Å². The lowest BCUT2D eigenvalue weighted by molar-refractivity contribution is -0.215. The van der Waals surface area contributed by atoms with E-state index in [9.17, 15) is 13.2 Å². The number of anilines is 1. The molecule has 1 atom stereocenters. The van der Waals surface area contributed by atoms with Gasteiger partial charge in [0.2, 0.25) is 0 Å². The van der Waals surface area contributed by atoms with Crippen LogP contribution in [0.15, 0.2) is 24.3 Å². The maximum absolute atomic E-state index is 12.9. The fourth-order valence-electron chi connectivity index (χ4n) is 4.18. The minimum absolute atomic E-state index is 0.162. The highest BCUT2D eigenvalue weighted by Gasteiger charge is 2.41. The van der Waals surface area contributed by atoms with E-state index >= 15 is 0 Å². The molecule has 0 radical (unpaired) electrons. The molecule has 1 saturated heterocycles. The summed E-state index contributed by atoms with van der Waals surface area (Å²) in [6.07, 6.45) is 1.53. The van der Waals surface area contributed by atoms with Gasteiger partial charge >= 0.3 is 6.18 Å². The highest BCUT2D eigenvalue weighted by Crippen LogP contribution is 2.45. The Morgan fingerprint density at radius 2 is 1.70 bits per heavy atom. The molecule has 1 aromatic carbocycles. The smallest absolute Gasteiger partial charge is 0.371 e. The summed E-state index contributed by atoms with van der Waals surface area (Å²) >= 11 is 0. The van der Waals surface area contributed by atoms with Crippen LogP contribution in [0.25, 0.3) is 0 Å². The normalized spacial score (nSPS) is 22.5. The minimum Gasteiger partial charge on any atom is -0.371 e. The van der Waals surface area contributed by atoms with Gasteiger partial charge in [-0.25, -0.2) is 0 Å². The third-order valence-corrected chi connectivity index (χ3v) is 5.45. The molecule has 0 N–H and O–H groups in total. The van der Waals surface area contributed by atoms with Crippen LogP contribution >= 0.6 is 0 Å². The van der Waals surface area contributed by atoms with Crippen LogP contribution in [0.5, 0.6) is 0 Å². The number of rotatable bonds is 3. The number of methoxy groups -OCH3 is 1. The second-order valence-corrected chi connectivity index (χ2v) is 6.98. The number of benzene rings is 1. The second kappa shape index (κ2) is 6.34. The van der Waals surface area contributed by atoms with Crippen LogP contribution in [0.1, 0.15) is 50.2 Å². The van der Waals surface area contributed by atoms with E-state index in [1.165, 1.54) is 38.5 Å². The summed E-state index contributed by atoms with van der Waals surface area (Å²) < 4.78 is 43.4. The molecule has 0 aromatic heterocycles. The van der Waals surface area contributed by atoms with Crippen LogP contribution in [0, 0.1) is 5.41 Å². The zero-order valence-electron chi connectivity index (χ0n) is 13.5. The number of alkyl halides is 3. The van der Waals surface area contributed by atoms with E-state index < -0.39 is 12.3 Å². The van der Waals surface area contributed by atoms with Crippen molar-refractivity contribution < 1.29 is 17.9 Å². The SMILES string of the molecule is CO[C@H](c1ccc(N2CCC3(CCCCC3)C2)cc1)C(F)(F)F. The first kappa shape index (κ1) is 16.6. The Hall–Kier alpha value is -1.23. The van der Waals surface area contributed by atoms with Crippen molar-refractivity contribution in [3.8, 4) is 0 Å². The largest absolute Gasteiger partial charge is 0.418 e. The quantitative estimate of drug-likeness (QED) is 0.766. The monoisotopic (exact) mass is 327 g/mol. The van der Waals surface area contributed by atoms with Crippen molar-refractivity contribution in [1.82, 2.24) is 0 Å². The molecule has 2 aliphatic rings. The third-order valence-electron chi connectivity index (χ3n) is 5.45. The molecule has 1 saturated carbocycles. The zero-order chi connectivity index (χ0) is 16.5. The molecule has 0 unspecified atom stereocenters. The highest BCUT2D eigenvalue weighted by molar-refractivity contribution is 5.49. The molecule has 2 nitrogen and oxygen atoms in total. The van der Waals surface area contributed by atoms with E-state index in [2.05, 4.69) is 9.64 Å². The van der Waals surface area contributed by atoms with E-state index in [1.54, 1.807) is 24.3 Å². The fraction of sp³-hybridized carbons (Fsp3) is 0.667. The van der Waals surface area contributed by atoms with Crippen LogP contribution in [-0.2, 0) is 4.74 Å². The van der Waals surface area contributed by atoms with Crippen LogP contribution in [0.2, 0.25) is 0 Å². The van der Waals surface area contributed by atoms with Gasteiger partial charge in [0.1, 0.15) is 0 Å². The molecule has 5 heteroatoms. The molecule has 23 heavy (non-hydrogen) atoms. The molecular weight excluding hydrogens is 303 g/mol. The van der Waals surface area contributed by atoms with Crippen LogP contribution in [-0.4, -0.2) is 26.4 Å². The van der Waals surface area contributed by atoms with Gasteiger partial charge in [0.05, 0.1) is 0 Å². The lowest BCUT2D eigenvalue weighted by atomic mass is 9.73. The first-order chi connectivity index (χ1) is 10.9. The van der Waals surface area contributed by atoms with Gasteiger partial charge in [-0.1, -0.05) is 31.4 Å². The van der Waals surface area contributed by atoms with Crippen molar-refractivity contribution in [2.45, 2.75) is 50.8 Å². The van der Waals surface area contributed by atoms with Crippen molar-refractivity contribution in [2.24, 2.45) is 5.41 Å². The van der Waals surface area contributed by atoms with Crippen LogP contribution in [0.4, 0.5) is 18.9 Å². The lowest BCUT2D eigenvalue weighted by Crippen LogP contribution is -2.29. The molecule has 0 amide bonds. The van der Waals surface area contributed by atoms with Gasteiger partial charge in [0, 0.05) is 25.9 Å². The number of nitrogens with zero attached hydrogens (tertiary/aromatic N) is 1. The second-order valence-electron chi connectivity index (χ2n) is 6.98. The third kappa shape index (κ3) is 3.49. The number of hydrogen-bond acceptors (Lipinski definition) is 2. The maximum Gasteiger partial charge on any atom is 0.418 e. The van der Waals surface area contributed by atoms with Gasteiger partial charge in [-0.05, 0) is 42.4 Å². The average molecular weight is 327 g/mol. The Kier molecular flexibility index (Phi) is 4.59. The van der Waals surface area contributed by atoms with Crippen LogP contribution < -0.4 is 4.90 Å². The maximum atomic E-state index is 12.9. The fourth-order valence-corrected chi connectivity index (χ4v) is 4.18. The average Bonchev–Trinajstić information content (AvgIpc) is 2.91. The summed E-state index contributed by atoms with van der Waals surface area (Å²) in [6.45, 7) is 2.05. The summed E-state index contributed by atoms with van der Waals surface area (Å²) in [5.41, 5.74) is 1.63. The summed E-state index contributed by atoms with van der Waals surface area (Å²) in [4.78, 5) is 2.32. The molecule has 1 heterocycles. The van der Waals surface area contributed by atoms with E-state index in [0.29, 0.717) is 5.41 Å². The molecular formula is C18H24F3NO. The molecule has 1 aromatic rings. The van der Waals surface area contributed by atoms with Crippen molar-refractivity contribution in [1.29, 1.82) is 0 Å². The molecule has 3 rings (SSSR count). The molecule has 1 spiro atoms. The Morgan fingerprint density at radius 3 is 2.26 bits per heavy atom. The van der Waals surface area contributed by atoms with Gasteiger partial charge in [-0.3, -0.25) is 0 Å². The van der Waals surface area contributed by atoms with E-state index in [4.69, 9.17) is 0 Å². The first-order valence-electron chi connectivity index (χ1n) is 8.38. The molecule has 128 valence electrons. The van der Waals surface area contributed by atoms with E-state index in [1.807, 2.05) is 0 Å². The molecule has 1 aliphatic carbocycles. The van der Waals surface area contributed by atoms with Gasteiger partial charge < -0.3 is 9.64 Å². The van der Waals surface area contributed by atoms with Crippen molar-refractivity contribution >= 4 is 5.69 Å². The van der Waals surface area contributed by atoms with Crippen LogP contribution in [0.3, 0.4) is 0 Å². The predicted octanol–water partition coefficient (Wildman–Crippen LogP) is 5.10. The summed E-state index contributed by atoms with van der Waals surface area (Å²) in [7, 11) is 1.10. The number of ether oxygens (including phenoxy) is 1. The van der Waals surface area contributed by atoms with Crippen molar-refractivity contribution in [3.05, 3.63) is 29.8 Å². The topological polar surface area (TPSA) is 12.5 Å². The first-order valence-corrected chi connectivity index (χ1v) is 8.38. The van der Waals surface area contributed by atoms with E-state index in [-0.39, 0.29) is 5.56 Å². The Labute approximate surface area is 135 Å². The lowest BCUT2D eigenvalue weighted by Gasteiger charge is -2.33. The number of halogens is 3. The summed E-state index contributed by atoms with van der Waals surface area (Å²) in [5.74, 6) is 0. The summed E-state index contributed by atoms with van der Waals surface area (Å²) in [6, 6.07) is 6.69.